The van der Waals surface area contributed by atoms with E-state index in [1.54, 1.807) is 31.0 Å². The van der Waals surface area contributed by atoms with Crippen LogP contribution in [0.25, 0.3) is 0 Å². The van der Waals surface area contributed by atoms with Crippen LogP contribution in [-0.2, 0) is 0 Å². The van der Waals surface area contributed by atoms with Crippen molar-refractivity contribution in [1.29, 1.82) is 0 Å². The molecule has 0 spiro atoms. The molecule has 0 aliphatic carbocycles. The lowest BCUT2D eigenvalue weighted by molar-refractivity contribution is 0.102. The summed E-state index contributed by atoms with van der Waals surface area (Å²) in [5.74, 6) is 1.35. The lowest BCUT2D eigenvalue weighted by Gasteiger charge is -2.04. The zero-order valence-electron chi connectivity index (χ0n) is 11.1. The predicted octanol–water partition coefficient (Wildman–Crippen LogP) is 3.98. The molecule has 0 unspecified atom stereocenters. The number of Topliss-reactive ketones (excluding diaryl/α,β-unsaturated/α-hetero) is 1. The van der Waals surface area contributed by atoms with Crippen LogP contribution in [0.5, 0.6) is 5.75 Å². The van der Waals surface area contributed by atoms with Crippen LogP contribution in [-0.4, -0.2) is 18.6 Å². The number of thioether (sulfide) groups is 1. The first-order valence-electron chi connectivity index (χ1n) is 6.06. The Balaban J connectivity index is 1.97. The van der Waals surface area contributed by atoms with Crippen LogP contribution in [0, 0.1) is 6.92 Å². The van der Waals surface area contributed by atoms with E-state index in [0.717, 1.165) is 16.2 Å². The molecule has 0 atom stereocenters. The first-order valence-corrected chi connectivity index (χ1v) is 7.04. The Bertz CT molecular complexity index is 561. The second-order valence-corrected chi connectivity index (χ2v) is 5.31. The molecule has 3 heteroatoms. The first kappa shape index (κ1) is 13.7. The number of ketones is 1. The van der Waals surface area contributed by atoms with E-state index in [1.165, 1.54) is 5.56 Å². The molecule has 0 bridgehead atoms. The van der Waals surface area contributed by atoms with Gasteiger partial charge in [0.2, 0.25) is 0 Å². The van der Waals surface area contributed by atoms with Gasteiger partial charge in [-0.25, -0.2) is 0 Å². The number of rotatable bonds is 5. The third kappa shape index (κ3) is 3.86. The van der Waals surface area contributed by atoms with Crippen molar-refractivity contribution in [3.05, 3.63) is 59.7 Å². The number of hydrogen-bond donors (Lipinski definition) is 0. The molecule has 98 valence electrons. The normalized spacial score (nSPS) is 10.2. The van der Waals surface area contributed by atoms with Gasteiger partial charge in [0, 0.05) is 10.5 Å². The summed E-state index contributed by atoms with van der Waals surface area (Å²) in [5, 5.41) is 0. The molecule has 2 nitrogen and oxygen atoms in total. The van der Waals surface area contributed by atoms with Crippen molar-refractivity contribution in [2.45, 2.75) is 11.8 Å². The van der Waals surface area contributed by atoms with Gasteiger partial charge in [0.15, 0.2) is 5.78 Å². The monoisotopic (exact) mass is 272 g/mol. The molecule has 0 aromatic heterocycles. The number of benzene rings is 2. The van der Waals surface area contributed by atoms with E-state index in [9.17, 15) is 4.79 Å². The topological polar surface area (TPSA) is 26.3 Å². The van der Waals surface area contributed by atoms with Gasteiger partial charge in [-0.3, -0.25) is 4.79 Å². The lowest BCUT2D eigenvalue weighted by Crippen LogP contribution is -2.02. The van der Waals surface area contributed by atoms with Gasteiger partial charge >= 0.3 is 0 Å². The summed E-state index contributed by atoms with van der Waals surface area (Å²) in [6.07, 6.45) is 0. The highest BCUT2D eigenvalue weighted by Gasteiger charge is 2.06. The van der Waals surface area contributed by atoms with Gasteiger partial charge in [-0.05, 0) is 43.3 Å². The molecular weight excluding hydrogens is 256 g/mol. The number of carbonyl (C=O) groups excluding carboxylic acids is 1. The molecule has 0 fully saturated rings. The summed E-state index contributed by atoms with van der Waals surface area (Å²) in [6.45, 7) is 2.05. The number of aryl methyl sites for hydroxylation is 1. The average Bonchev–Trinajstić information content (AvgIpc) is 2.45. The summed E-state index contributed by atoms with van der Waals surface area (Å²) < 4.78 is 5.07. The molecule has 0 heterocycles. The van der Waals surface area contributed by atoms with Crippen molar-refractivity contribution >= 4 is 17.5 Å². The number of ether oxygens (including phenoxy) is 1. The Morgan fingerprint density at radius 3 is 2.53 bits per heavy atom. The van der Waals surface area contributed by atoms with Crippen molar-refractivity contribution in [3.63, 3.8) is 0 Å². The lowest BCUT2D eigenvalue weighted by atomic mass is 10.1. The van der Waals surface area contributed by atoms with E-state index in [2.05, 4.69) is 19.1 Å². The molecule has 0 aliphatic heterocycles. The second-order valence-electron chi connectivity index (χ2n) is 4.26. The highest BCUT2D eigenvalue weighted by molar-refractivity contribution is 8.00. The molecule has 2 aromatic rings. The number of hydrogen-bond acceptors (Lipinski definition) is 3. The van der Waals surface area contributed by atoms with E-state index in [1.807, 2.05) is 24.3 Å². The minimum absolute atomic E-state index is 0.133. The van der Waals surface area contributed by atoms with Crippen LogP contribution in [0.2, 0.25) is 0 Å². The second kappa shape index (κ2) is 6.43. The quantitative estimate of drug-likeness (QED) is 0.608. The van der Waals surface area contributed by atoms with Gasteiger partial charge in [-0.2, -0.15) is 0 Å². The highest BCUT2D eigenvalue weighted by Crippen LogP contribution is 2.21. The van der Waals surface area contributed by atoms with E-state index in [4.69, 9.17) is 4.74 Å². The largest absolute Gasteiger partial charge is 0.497 e. The predicted molar refractivity (Wildman–Crippen MR) is 79.2 cm³/mol. The van der Waals surface area contributed by atoms with Crippen molar-refractivity contribution in [1.82, 2.24) is 0 Å². The van der Waals surface area contributed by atoms with Crippen LogP contribution in [0.4, 0.5) is 0 Å². The van der Waals surface area contributed by atoms with Crippen molar-refractivity contribution in [2.75, 3.05) is 12.9 Å². The van der Waals surface area contributed by atoms with Gasteiger partial charge in [0.25, 0.3) is 0 Å². The molecule has 0 radical (unpaired) electrons. The van der Waals surface area contributed by atoms with Crippen molar-refractivity contribution < 1.29 is 9.53 Å². The zero-order valence-corrected chi connectivity index (χ0v) is 11.9. The average molecular weight is 272 g/mol. The van der Waals surface area contributed by atoms with Gasteiger partial charge in [0.1, 0.15) is 5.75 Å². The van der Waals surface area contributed by atoms with Crippen LogP contribution in [0.15, 0.2) is 53.4 Å². The van der Waals surface area contributed by atoms with Gasteiger partial charge in [0.05, 0.1) is 12.9 Å². The first-order chi connectivity index (χ1) is 9.19. The Hall–Kier alpha value is -1.74. The number of methoxy groups -OCH3 is 1. The molecule has 2 aromatic carbocycles. The SMILES string of the molecule is COc1ccc(C(=O)CSc2cccc(C)c2)cc1. The minimum Gasteiger partial charge on any atom is -0.497 e. The Morgan fingerprint density at radius 1 is 1.16 bits per heavy atom. The molecule has 19 heavy (non-hydrogen) atoms. The molecule has 0 saturated carbocycles. The Morgan fingerprint density at radius 2 is 1.89 bits per heavy atom. The Kier molecular flexibility index (Phi) is 4.63. The zero-order chi connectivity index (χ0) is 13.7. The molecule has 0 saturated heterocycles. The van der Waals surface area contributed by atoms with Gasteiger partial charge in [-0.15, -0.1) is 11.8 Å². The number of carbonyl (C=O) groups is 1. The van der Waals surface area contributed by atoms with Gasteiger partial charge in [-0.1, -0.05) is 17.7 Å². The fraction of sp³-hybridized carbons (Fsp3) is 0.188. The third-order valence-corrected chi connectivity index (χ3v) is 3.77. The van der Waals surface area contributed by atoms with Gasteiger partial charge < -0.3 is 4.74 Å². The molecule has 0 amide bonds. The van der Waals surface area contributed by atoms with E-state index < -0.39 is 0 Å². The minimum atomic E-state index is 0.133. The van der Waals surface area contributed by atoms with E-state index in [-0.39, 0.29) is 5.78 Å². The van der Waals surface area contributed by atoms with Crippen molar-refractivity contribution in [3.8, 4) is 5.75 Å². The van der Waals surface area contributed by atoms with Crippen LogP contribution < -0.4 is 4.74 Å². The molecule has 2 rings (SSSR count). The van der Waals surface area contributed by atoms with E-state index >= 15 is 0 Å². The molecular formula is C16H16O2S. The third-order valence-electron chi connectivity index (χ3n) is 2.77. The van der Waals surface area contributed by atoms with Crippen molar-refractivity contribution in [2.24, 2.45) is 0 Å². The summed E-state index contributed by atoms with van der Waals surface area (Å²) in [4.78, 5) is 13.2. The standard InChI is InChI=1S/C16H16O2S/c1-12-4-3-5-15(10-12)19-11-16(17)13-6-8-14(18-2)9-7-13/h3-10H,11H2,1-2H3. The van der Waals surface area contributed by atoms with Crippen LogP contribution in [0.3, 0.4) is 0 Å². The molecule has 0 aliphatic rings. The highest BCUT2D eigenvalue weighted by atomic mass is 32.2. The fourth-order valence-electron chi connectivity index (χ4n) is 1.71. The fourth-order valence-corrected chi connectivity index (χ4v) is 2.62. The summed E-state index contributed by atoms with van der Waals surface area (Å²) in [7, 11) is 1.62. The smallest absolute Gasteiger partial charge is 0.173 e. The maximum atomic E-state index is 12.0. The van der Waals surface area contributed by atoms with Crippen LogP contribution >= 0.6 is 11.8 Å². The van der Waals surface area contributed by atoms with Crippen LogP contribution in [0.1, 0.15) is 15.9 Å². The summed E-state index contributed by atoms with van der Waals surface area (Å²) in [5.41, 5.74) is 1.93. The Labute approximate surface area is 117 Å². The summed E-state index contributed by atoms with van der Waals surface area (Å²) in [6, 6.07) is 15.4. The molecule has 0 N–H and O–H groups in total. The van der Waals surface area contributed by atoms with E-state index in [0.29, 0.717) is 5.75 Å². The maximum absolute atomic E-state index is 12.0. The summed E-state index contributed by atoms with van der Waals surface area (Å²) >= 11 is 1.57. The maximum Gasteiger partial charge on any atom is 0.173 e.